The lowest BCUT2D eigenvalue weighted by molar-refractivity contribution is -0.153. The van der Waals surface area contributed by atoms with E-state index in [0.29, 0.717) is 0 Å². The van der Waals surface area contributed by atoms with Crippen molar-refractivity contribution in [2.24, 2.45) is 5.73 Å². The summed E-state index contributed by atoms with van der Waals surface area (Å²) in [6, 6.07) is 1.22. The van der Waals surface area contributed by atoms with E-state index in [0.717, 1.165) is 12.1 Å². The summed E-state index contributed by atoms with van der Waals surface area (Å²) in [5, 5.41) is 9.59. The van der Waals surface area contributed by atoms with Gasteiger partial charge in [0, 0.05) is 10.9 Å². The lowest BCUT2D eigenvalue weighted by atomic mass is 10.0. The lowest BCUT2D eigenvalue weighted by Crippen LogP contribution is -2.38. The molecule has 0 saturated heterocycles. The van der Waals surface area contributed by atoms with Gasteiger partial charge in [0.2, 0.25) is 0 Å². The second-order valence-corrected chi connectivity index (χ2v) is 4.42. The van der Waals surface area contributed by atoms with Gasteiger partial charge in [0.05, 0.1) is 6.10 Å². The topological polar surface area (TPSA) is 46.2 Å². The van der Waals surface area contributed by atoms with Crippen LogP contribution in [0.2, 0.25) is 0 Å². The molecule has 0 bridgehead atoms. The molecule has 0 aromatic heterocycles. The number of hydrogen-bond donors (Lipinski definition) is 2. The largest absolute Gasteiger partial charge is 0.403 e. The second-order valence-electron chi connectivity index (χ2n) is 3.57. The molecule has 2 nitrogen and oxygen atoms in total. The van der Waals surface area contributed by atoms with E-state index in [1.54, 1.807) is 0 Å². The van der Waals surface area contributed by atoms with Crippen LogP contribution in [-0.2, 0) is 0 Å². The van der Waals surface area contributed by atoms with Crippen LogP contribution in [0, 0.1) is 5.82 Å². The third-order valence-corrected chi connectivity index (χ3v) is 2.91. The quantitative estimate of drug-likeness (QED) is 0.842. The van der Waals surface area contributed by atoms with Crippen molar-refractivity contribution in [3.05, 3.63) is 34.1 Å². The Balaban J connectivity index is 2.80. The van der Waals surface area contributed by atoms with E-state index in [9.17, 15) is 22.7 Å². The van der Waals surface area contributed by atoms with Gasteiger partial charge in [-0.1, -0.05) is 22.0 Å². The molecule has 7 heteroatoms. The van der Waals surface area contributed by atoms with Crippen LogP contribution in [0.4, 0.5) is 17.6 Å². The molecule has 17 heavy (non-hydrogen) atoms. The molecular weight excluding hydrogens is 306 g/mol. The third kappa shape index (κ3) is 3.93. The van der Waals surface area contributed by atoms with Crippen molar-refractivity contribution in [3.8, 4) is 0 Å². The zero-order valence-electron chi connectivity index (χ0n) is 8.51. The normalized spacial score (nSPS) is 15.7. The summed E-state index contributed by atoms with van der Waals surface area (Å²) < 4.78 is 49.5. The van der Waals surface area contributed by atoms with Gasteiger partial charge < -0.3 is 10.8 Å². The molecule has 1 aromatic carbocycles. The molecule has 1 aromatic rings. The van der Waals surface area contributed by atoms with Crippen LogP contribution in [0.3, 0.4) is 0 Å². The summed E-state index contributed by atoms with van der Waals surface area (Å²) >= 11 is 2.97. The fourth-order valence-corrected chi connectivity index (χ4v) is 1.89. The Morgan fingerprint density at radius 1 is 1.35 bits per heavy atom. The van der Waals surface area contributed by atoms with Gasteiger partial charge in [0.1, 0.15) is 11.9 Å². The van der Waals surface area contributed by atoms with Crippen LogP contribution < -0.4 is 5.73 Å². The summed E-state index contributed by atoms with van der Waals surface area (Å²) in [5.74, 6) is -0.548. The van der Waals surface area contributed by atoms with Gasteiger partial charge in [-0.05, 0) is 17.7 Å². The number of alkyl halides is 3. The Bertz CT molecular complexity index is 396. The number of benzene rings is 1. The standard InChI is InChI=1S/C10H10BrF4NO/c11-7-3-5(12)1-2-6(7)8(17)4-9(16)10(13,14)15/h1-3,8-9,17H,4,16H2. The Morgan fingerprint density at radius 2 is 1.94 bits per heavy atom. The number of halogens is 5. The highest BCUT2D eigenvalue weighted by atomic mass is 79.9. The summed E-state index contributed by atoms with van der Waals surface area (Å²) in [7, 11) is 0. The highest BCUT2D eigenvalue weighted by molar-refractivity contribution is 9.10. The van der Waals surface area contributed by atoms with E-state index in [-0.39, 0.29) is 10.0 Å². The van der Waals surface area contributed by atoms with Gasteiger partial charge in [-0.3, -0.25) is 0 Å². The van der Waals surface area contributed by atoms with E-state index in [2.05, 4.69) is 15.9 Å². The third-order valence-electron chi connectivity index (χ3n) is 2.22. The SMILES string of the molecule is NC(CC(O)c1ccc(F)cc1Br)C(F)(F)F. The minimum absolute atomic E-state index is 0.172. The zero-order chi connectivity index (χ0) is 13.2. The Hall–Kier alpha value is -0.660. The highest BCUT2D eigenvalue weighted by Crippen LogP contribution is 2.30. The van der Waals surface area contributed by atoms with E-state index in [4.69, 9.17) is 5.73 Å². The second kappa shape index (κ2) is 5.32. The van der Waals surface area contributed by atoms with Crippen molar-refractivity contribution in [3.63, 3.8) is 0 Å². The first-order chi connectivity index (χ1) is 7.71. The van der Waals surface area contributed by atoms with Gasteiger partial charge >= 0.3 is 6.18 Å². The summed E-state index contributed by atoms with van der Waals surface area (Å²) in [6.45, 7) is 0. The monoisotopic (exact) mass is 315 g/mol. The predicted octanol–water partition coefficient (Wildman–Crippen LogP) is 2.90. The van der Waals surface area contributed by atoms with Crippen molar-refractivity contribution in [2.75, 3.05) is 0 Å². The van der Waals surface area contributed by atoms with Crippen molar-refractivity contribution < 1.29 is 22.7 Å². The molecule has 0 amide bonds. The van der Waals surface area contributed by atoms with Crippen LogP contribution in [-0.4, -0.2) is 17.3 Å². The molecule has 0 fully saturated rings. The first-order valence-electron chi connectivity index (χ1n) is 4.67. The Kier molecular flexibility index (Phi) is 4.51. The van der Waals surface area contributed by atoms with Crippen molar-refractivity contribution in [2.45, 2.75) is 24.7 Å². The van der Waals surface area contributed by atoms with Gasteiger partial charge in [0.25, 0.3) is 0 Å². The predicted molar refractivity (Wildman–Crippen MR) is 57.7 cm³/mol. The van der Waals surface area contributed by atoms with Gasteiger partial charge in [-0.25, -0.2) is 4.39 Å². The average molecular weight is 316 g/mol. The van der Waals surface area contributed by atoms with Crippen LogP contribution in [0.15, 0.2) is 22.7 Å². The molecule has 0 aliphatic carbocycles. The van der Waals surface area contributed by atoms with Crippen LogP contribution in [0.5, 0.6) is 0 Å². The summed E-state index contributed by atoms with van der Waals surface area (Å²) in [6.07, 6.45) is -6.64. The molecule has 0 spiro atoms. The smallest absolute Gasteiger partial charge is 0.388 e. The summed E-state index contributed by atoms with van der Waals surface area (Å²) in [4.78, 5) is 0. The minimum Gasteiger partial charge on any atom is -0.388 e. The number of nitrogens with two attached hydrogens (primary N) is 1. The van der Waals surface area contributed by atoms with Gasteiger partial charge in [-0.15, -0.1) is 0 Å². The van der Waals surface area contributed by atoms with Crippen LogP contribution in [0.1, 0.15) is 18.1 Å². The molecule has 0 aliphatic heterocycles. The number of aliphatic hydroxyl groups excluding tert-OH is 1. The number of aliphatic hydroxyl groups is 1. The molecule has 2 unspecified atom stereocenters. The molecule has 1 rings (SSSR count). The maximum atomic E-state index is 12.7. The van der Waals surface area contributed by atoms with E-state index in [1.165, 1.54) is 6.07 Å². The first-order valence-corrected chi connectivity index (χ1v) is 5.46. The van der Waals surface area contributed by atoms with Crippen molar-refractivity contribution in [1.82, 2.24) is 0 Å². The Labute approximate surface area is 104 Å². The maximum Gasteiger partial charge on any atom is 0.403 e. The number of hydrogen-bond acceptors (Lipinski definition) is 2. The van der Waals surface area contributed by atoms with Gasteiger partial charge in [0.15, 0.2) is 0 Å². The lowest BCUT2D eigenvalue weighted by Gasteiger charge is -2.20. The van der Waals surface area contributed by atoms with Crippen molar-refractivity contribution in [1.29, 1.82) is 0 Å². The van der Waals surface area contributed by atoms with Crippen LogP contribution in [0.25, 0.3) is 0 Å². The molecule has 0 radical (unpaired) electrons. The van der Waals surface area contributed by atoms with Crippen LogP contribution >= 0.6 is 15.9 Å². The zero-order valence-corrected chi connectivity index (χ0v) is 10.1. The molecule has 96 valence electrons. The van der Waals surface area contributed by atoms with E-state index in [1.807, 2.05) is 0 Å². The van der Waals surface area contributed by atoms with E-state index >= 15 is 0 Å². The molecule has 0 heterocycles. The fourth-order valence-electron chi connectivity index (χ4n) is 1.27. The van der Waals surface area contributed by atoms with E-state index < -0.39 is 30.6 Å². The molecule has 2 atom stereocenters. The molecular formula is C10H10BrF4NO. The molecule has 0 saturated carbocycles. The average Bonchev–Trinajstić information content (AvgIpc) is 2.15. The number of rotatable bonds is 3. The van der Waals surface area contributed by atoms with Crippen molar-refractivity contribution >= 4 is 15.9 Å². The van der Waals surface area contributed by atoms with Gasteiger partial charge in [-0.2, -0.15) is 13.2 Å². The summed E-state index contributed by atoms with van der Waals surface area (Å²) in [5.41, 5.74) is 5.07. The Morgan fingerprint density at radius 3 is 2.41 bits per heavy atom. The highest BCUT2D eigenvalue weighted by Gasteiger charge is 2.38. The molecule has 3 N–H and O–H groups in total. The first kappa shape index (κ1) is 14.4. The minimum atomic E-state index is -4.56. The fraction of sp³-hybridized carbons (Fsp3) is 0.400. The molecule has 0 aliphatic rings. The maximum absolute atomic E-state index is 12.7.